The summed E-state index contributed by atoms with van der Waals surface area (Å²) in [5.41, 5.74) is 8.39. The molecule has 0 aromatic heterocycles. The highest BCUT2D eigenvalue weighted by Gasteiger charge is 2.09. The average Bonchev–Trinajstić information content (AvgIpc) is 2.41. The van der Waals surface area contributed by atoms with Gasteiger partial charge >= 0.3 is 0 Å². The minimum atomic E-state index is 0.0647. The van der Waals surface area contributed by atoms with Crippen molar-refractivity contribution in [2.24, 2.45) is 5.73 Å². The topological polar surface area (TPSA) is 38.5 Å². The van der Waals surface area contributed by atoms with Crippen LogP contribution in [0, 0.1) is 0 Å². The first-order valence-electron chi connectivity index (χ1n) is 7.78. The molecule has 1 aromatic carbocycles. The molecule has 3 nitrogen and oxygen atoms in total. The third kappa shape index (κ3) is 5.51. The molecule has 0 fully saturated rings. The second kappa shape index (κ2) is 8.98. The average molecular weight is 278 g/mol. The van der Waals surface area contributed by atoms with Crippen molar-refractivity contribution in [1.29, 1.82) is 0 Å². The molecule has 20 heavy (non-hydrogen) atoms. The Bertz CT molecular complexity index is 391. The van der Waals surface area contributed by atoms with Crippen molar-refractivity contribution >= 4 is 0 Å². The lowest BCUT2D eigenvalue weighted by Crippen LogP contribution is -2.20. The number of benzene rings is 1. The maximum Gasteiger partial charge on any atom is 0.123 e. The van der Waals surface area contributed by atoms with Crippen LogP contribution in [-0.4, -0.2) is 25.1 Å². The lowest BCUT2D eigenvalue weighted by molar-refractivity contribution is 0.298. The smallest absolute Gasteiger partial charge is 0.123 e. The van der Waals surface area contributed by atoms with Gasteiger partial charge in [0.25, 0.3) is 0 Å². The van der Waals surface area contributed by atoms with Gasteiger partial charge in [-0.25, -0.2) is 0 Å². The number of unbranched alkanes of at least 4 members (excludes halogenated alkanes) is 2. The molecule has 1 unspecified atom stereocenters. The monoisotopic (exact) mass is 278 g/mol. The molecule has 0 aliphatic rings. The fourth-order valence-corrected chi connectivity index (χ4v) is 2.30. The molecule has 0 spiro atoms. The molecule has 0 heterocycles. The van der Waals surface area contributed by atoms with Crippen LogP contribution in [0.25, 0.3) is 0 Å². The van der Waals surface area contributed by atoms with Gasteiger partial charge < -0.3 is 15.4 Å². The van der Waals surface area contributed by atoms with Crippen molar-refractivity contribution in [3.63, 3.8) is 0 Å². The summed E-state index contributed by atoms with van der Waals surface area (Å²) in [6.45, 7) is 9.02. The second-order valence-corrected chi connectivity index (χ2v) is 5.53. The van der Waals surface area contributed by atoms with E-state index in [2.05, 4.69) is 37.1 Å². The summed E-state index contributed by atoms with van der Waals surface area (Å²) in [6, 6.07) is 6.37. The number of hydrogen-bond donors (Lipinski definition) is 1. The Kier molecular flexibility index (Phi) is 7.63. The summed E-state index contributed by atoms with van der Waals surface area (Å²) in [5.74, 6) is 0.985. The Morgan fingerprint density at radius 2 is 2.00 bits per heavy atom. The predicted molar refractivity (Wildman–Crippen MR) is 86.1 cm³/mol. The fourth-order valence-electron chi connectivity index (χ4n) is 2.30. The van der Waals surface area contributed by atoms with Gasteiger partial charge in [-0.15, -0.1) is 0 Å². The zero-order valence-electron chi connectivity index (χ0n) is 13.5. The molecule has 114 valence electrons. The van der Waals surface area contributed by atoms with E-state index in [0.717, 1.165) is 18.8 Å². The van der Waals surface area contributed by atoms with E-state index in [-0.39, 0.29) is 6.04 Å². The van der Waals surface area contributed by atoms with E-state index in [9.17, 15) is 0 Å². The molecule has 1 aromatic rings. The van der Waals surface area contributed by atoms with Crippen molar-refractivity contribution in [2.45, 2.75) is 52.6 Å². The van der Waals surface area contributed by atoms with Gasteiger partial charge in [-0.05, 0) is 51.6 Å². The highest BCUT2D eigenvalue weighted by Crippen LogP contribution is 2.24. The fraction of sp³-hybridized carbons (Fsp3) is 0.647. The van der Waals surface area contributed by atoms with Crippen LogP contribution < -0.4 is 10.5 Å². The first-order valence-corrected chi connectivity index (χ1v) is 7.78. The summed E-state index contributed by atoms with van der Waals surface area (Å²) in [4.78, 5) is 2.36. The van der Waals surface area contributed by atoms with Gasteiger partial charge in [0.2, 0.25) is 0 Å². The van der Waals surface area contributed by atoms with Crippen LogP contribution in [0.5, 0.6) is 5.75 Å². The van der Waals surface area contributed by atoms with E-state index >= 15 is 0 Å². The van der Waals surface area contributed by atoms with Crippen molar-refractivity contribution in [2.75, 3.05) is 20.2 Å². The Balaban J connectivity index is 2.75. The van der Waals surface area contributed by atoms with Crippen LogP contribution in [0.4, 0.5) is 0 Å². The van der Waals surface area contributed by atoms with Crippen molar-refractivity contribution in [3.8, 4) is 5.75 Å². The highest BCUT2D eigenvalue weighted by molar-refractivity contribution is 5.38. The Morgan fingerprint density at radius 1 is 1.25 bits per heavy atom. The maximum absolute atomic E-state index is 5.98. The third-order valence-corrected chi connectivity index (χ3v) is 3.49. The molecule has 0 saturated heterocycles. The predicted octanol–water partition coefficient (Wildman–Crippen LogP) is 3.73. The minimum Gasteiger partial charge on any atom is -0.494 e. The maximum atomic E-state index is 5.98. The van der Waals surface area contributed by atoms with Gasteiger partial charge in [0.1, 0.15) is 5.75 Å². The minimum absolute atomic E-state index is 0.0647. The van der Waals surface area contributed by atoms with Crippen LogP contribution in [-0.2, 0) is 6.54 Å². The number of hydrogen-bond acceptors (Lipinski definition) is 3. The van der Waals surface area contributed by atoms with Crippen molar-refractivity contribution in [3.05, 3.63) is 29.3 Å². The SMILES string of the molecule is CCCCCN(C)Cc1cc(C(C)N)ccc1OCC. The quantitative estimate of drug-likeness (QED) is 0.700. The summed E-state index contributed by atoms with van der Waals surface area (Å²) < 4.78 is 5.73. The normalized spacial score (nSPS) is 12.7. The first kappa shape index (κ1) is 17.0. The molecule has 1 rings (SSSR count). The standard InChI is InChI=1S/C17H30N2O/c1-5-7-8-11-19(4)13-16-12-15(14(3)18)9-10-17(16)20-6-2/h9-10,12,14H,5-8,11,13,18H2,1-4H3. The highest BCUT2D eigenvalue weighted by atomic mass is 16.5. The molecule has 0 bridgehead atoms. The molecule has 0 amide bonds. The Hall–Kier alpha value is -1.06. The molecule has 0 saturated carbocycles. The molecule has 0 aliphatic carbocycles. The van der Waals surface area contributed by atoms with Gasteiger partial charge in [-0.2, -0.15) is 0 Å². The molecule has 0 radical (unpaired) electrons. The summed E-state index contributed by atoms with van der Waals surface area (Å²) >= 11 is 0. The number of rotatable bonds is 9. The summed E-state index contributed by atoms with van der Waals surface area (Å²) in [5, 5.41) is 0. The van der Waals surface area contributed by atoms with Crippen LogP contribution in [0.3, 0.4) is 0 Å². The number of nitrogens with two attached hydrogens (primary N) is 1. The van der Waals surface area contributed by atoms with Gasteiger partial charge in [0.05, 0.1) is 6.61 Å². The Labute approximate surface area is 124 Å². The van der Waals surface area contributed by atoms with Gasteiger partial charge in [0.15, 0.2) is 0 Å². The van der Waals surface area contributed by atoms with Gasteiger partial charge in [-0.3, -0.25) is 0 Å². The van der Waals surface area contributed by atoms with Crippen LogP contribution in [0.2, 0.25) is 0 Å². The number of nitrogens with zero attached hydrogens (tertiary/aromatic N) is 1. The molecule has 3 heteroatoms. The van der Waals surface area contributed by atoms with E-state index < -0.39 is 0 Å². The van der Waals surface area contributed by atoms with Crippen LogP contribution >= 0.6 is 0 Å². The van der Waals surface area contributed by atoms with E-state index in [1.54, 1.807) is 0 Å². The van der Waals surface area contributed by atoms with Crippen LogP contribution in [0.1, 0.15) is 57.2 Å². The van der Waals surface area contributed by atoms with Crippen LogP contribution in [0.15, 0.2) is 18.2 Å². The summed E-state index contributed by atoms with van der Waals surface area (Å²) in [7, 11) is 2.17. The molecule has 1 atom stereocenters. The molecule has 0 aliphatic heterocycles. The zero-order valence-corrected chi connectivity index (χ0v) is 13.5. The van der Waals surface area contributed by atoms with Crippen molar-refractivity contribution in [1.82, 2.24) is 4.90 Å². The summed E-state index contributed by atoms with van der Waals surface area (Å²) in [6.07, 6.45) is 3.81. The largest absolute Gasteiger partial charge is 0.494 e. The zero-order chi connectivity index (χ0) is 15.0. The second-order valence-electron chi connectivity index (χ2n) is 5.53. The van der Waals surface area contributed by atoms with Crippen molar-refractivity contribution < 1.29 is 4.74 Å². The van der Waals surface area contributed by atoms with E-state index in [1.165, 1.54) is 30.4 Å². The van der Waals surface area contributed by atoms with E-state index in [0.29, 0.717) is 6.61 Å². The molecular formula is C17H30N2O. The molecular weight excluding hydrogens is 248 g/mol. The lowest BCUT2D eigenvalue weighted by atomic mass is 10.0. The van der Waals surface area contributed by atoms with Gasteiger partial charge in [0, 0.05) is 18.2 Å². The Morgan fingerprint density at radius 3 is 2.60 bits per heavy atom. The third-order valence-electron chi connectivity index (χ3n) is 3.49. The lowest BCUT2D eigenvalue weighted by Gasteiger charge is -2.20. The van der Waals surface area contributed by atoms with Gasteiger partial charge in [-0.1, -0.05) is 25.8 Å². The molecule has 2 N–H and O–H groups in total. The number of ether oxygens (including phenoxy) is 1. The first-order chi connectivity index (χ1) is 9.58. The van der Waals surface area contributed by atoms with E-state index in [4.69, 9.17) is 10.5 Å². The van der Waals surface area contributed by atoms with E-state index in [1.807, 2.05) is 13.8 Å².